The molecule has 21 rings (SSSR count). The van der Waals surface area contributed by atoms with Crippen molar-refractivity contribution < 1.29 is 13.3 Å². The fraction of sp³-hybridized carbons (Fsp3) is 0.0800. The van der Waals surface area contributed by atoms with Crippen LogP contribution in [0.15, 0.2) is 353 Å². The Bertz CT molecular complexity index is 6870. The standard InChI is InChI=1S/C100H74BN5O3/c1-99(2,3)67-39-45-71(46-40-67)105-85-58-76(103(75-51-54-93-83(57-75)80-32-18-21-35-91(80)107-93)77-49-52-81-79-31-17-20-34-90(79)108-94(81)61-77)50-53-84(85)101-96-87(105)59-78(102(69-27-9-7-10-28-69)73-43-37-63-23-13-15-25-65(63)55-73)60-88(96)106(72-47-41-68(42-48-72)100(4,5)6)89-62-86(95-82-33-19-22-36-92(82)109-98(95)97(89)101)104(70-29-11-8-12-30-70)74-44-38-64-24-14-16-26-66(64)56-74/h7-62H,1-6H3. The van der Waals surface area contributed by atoms with Crippen LogP contribution < -0.4 is 40.9 Å². The smallest absolute Gasteiger partial charge is 0.257 e. The molecule has 2 aliphatic rings. The lowest BCUT2D eigenvalue weighted by Gasteiger charge is -2.45. The van der Waals surface area contributed by atoms with Crippen LogP contribution in [0.3, 0.4) is 0 Å². The average molecular weight is 1400 g/mol. The van der Waals surface area contributed by atoms with E-state index in [1.807, 2.05) is 12.1 Å². The Hall–Kier alpha value is -13.5. The van der Waals surface area contributed by atoms with Crippen LogP contribution in [0.4, 0.5) is 85.3 Å². The molecule has 9 heteroatoms. The van der Waals surface area contributed by atoms with E-state index in [0.717, 1.165) is 178 Å². The van der Waals surface area contributed by atoms with Gasteiger partial charge in [-0.15, -0.1) is 0 Å². The highest BCUT2D eigenvalue weighted by Crippen LogP contribution is 2.54. The van der Waals surface area contributed by atoms with Gasteiger partial charge in [0.2, 0.25) is 0 Å². The van der Waals surface area contributed by atoms with Crippen LogP contribution in [0.5, 0.6) is 0 Å². The molecule has 0 amide bonds. The van der Waals surface area contributed by atoms with E-state index in [9.17, 15) is 0 Å². The monoisotopic (exact) mass is 1400 g/mol. The number of rotatable bonds is 11. The molecule has 520 valence electrons. The van der Waals surface area contributed by atoms with Crippen LogP contribution >= 0.6 is 0 Å². The van der Waals surface area contributed by atoms with Crippen molar-refractivity contribution in [1.29, 1.82) is 0 Å². The van der Waals surface area contributed by atoms with E-state index >= 15 is 0 Å². The Morgan fingerprint density at radius 3 is 1.28 bits per heavy atom. The summed E-state index contributed by atoms with van der Waals surface area (Å²) in [7, 11) is 0. The highest BCUT2D eigenvalue weighted by Gasteiger charge is 2.47. The molecule has 0 bridgehead atoms. The summed E-state index contributed by atoms with van der Waals surface area (Å²) < 4.78 is 21.2. The van der Waals surface area contributed by atoms with Crippen LogP contribution in [0.25, 0.3) is 87.4 Å². The molecule has 3 aromatic heterocycles. The molecule has 0 N–H and O–H groups in total. The zero-order chi connectivity index (χ0) is 73.0. The highest BCUT2D eigenvalue weighted by atomic mass is 16.3. The van der Waals surface area contributed by atoms with Gasteiger partial charge in [-0.25, -0.2) is 0 Å². The lowest BCUT2D eigenvalue weighted by atomic mass is 9.33. The summed E-state index contributed by atoms with van der Waals surface area (Å²) in [4.78, 5) is 12.4. The van der Waals surface area contributed by atoms with Gasteiger partial charge in [0.05, 0.1) is 16.8 Å². The van der Waals surface area contributed by atoms with Crippen molar-refractivity contribution in [2.24, 2.45) is 0 Å². The first-order valence-electron chi connectivity index (χ1n) is 37.7. The topological polar surface area (TPSA) is 55.6 Å². The van der Waals surface area contributed by atoms with Crippen molar-refractivity contribution in [2.75, 3.05) is 24.5 Å². The Kier molecular flexibility index (Phi) is 14.4. The third-order valence-electron chi connectivity index (χ3n) is 22.6. The molecule has 2 aliphatic heterocycles. The molecule has 0 aliphatic carbocycles. The summed E-state index contributed by atoms with van der Waals surface area (Å²) in [5.41, 5.74) is 25.6. The molecule has 0 saturated carbocycles. The van der Waals surface area contributed by atoms with E-state index in [1.54, 1.807) is 0 Å². The van der Waals surface area contributed by atoms with Crippen molar-refractivity contribution in [2.45, 2.75) is 52.4 Å². The van der Waals surface area contributed by atoms with Gasteiger partial charge in [0.1, 0.15) is 33.5 Å². The second-order valence-electron chi connectivity index (χ2n) is 31.3. The maximum Gasteiger partial charge on any atom is 0.257 e. The summed E-state index contributed by atoms with van der Waals surface area (Å²) >= 11 is 0. The quantitative estimate of drug-likeness (QED) is 0.119. The Labute approximate surface area is 632 Å². The fourth-order valence-electron chi connectivity index (χ4n) is 17.3. The van der Waals surface area contributed by atoms with E-state index in [4.69, 9.17) is 13.3 Å². The second-order valence-corrected chi connectivity index (χ2v) is 31.3. The van der Waals surface area contributed by atoms with Crippen LogP contribution in [0.1, 0.15) is 52.7 Å². The summed E-state index contributed by atoms with van der Waals surface area (Å²) in [6.07, 6.45) is 0. The number of furan rings is 3. The van der Waals surface area contributed by atoms with Crippen LogP contribution in [-0.2, 0) is 10.8 Å². The maximum absolute atomic E-state index is 7.82. The van der Waals surface area contributed by atoms with Gasteiger partial charge in [-0.2, -0.15) is 0 Å². The molecule has 8 nitrogen and oxygen atoms in total. The average Bonchev–Trinajstić information content (AvgIpc) is 1.62. The largest absolute Gasteiger partial charge is 0.456 e. The maximum atomic E-state index is 7.82. The van der Waals surface area contributed by atoms with Crippen molar-refractivity contribution >= 4 is 196 Å². The number of para-hydroxylation sites is 5. The molecule has 109 heavy (non-hydrogen) atoms. The SMILES string of the molecule is CC(C)(C)c1ccc(N2c3cc(N(c4ccc5c(c4)oc4ccccc45)c4ccc5oc6ccccc6c5c4)ccc3B3c4c2cc(N(c2ccccc2)c2ccc5ccccc5c2)cc4N(c2ccc(C(C)(C)C)cc2)c2cc(N(c4ccccc4)c4ccc5ccccc5c4)c4c(oc5ccccc54)c23)cc1. The zero-order valence-corrected chi connectivity index (χ0v) is 61.4. The van der Waals surface area contributed by atoms with Gasteiger partial charge in [0.15, 0.2) is 0 Å². The van der Waals surface area contributed by atoms with Crippen LogP contribution in [-0.4, -0.2) is 6.71 Å². The van der Waals surface area contributed by atoms with Crippen molar-refractivity contribution in [1.82, 2.24) is 0 Å². The number of hydrogen-bond acceptors (Lipinski definition) is 8. The molecule has 0 unspecified atom stereocenters. The van der Waals surface area contributed by atoms with Crippen LogP contribution in [0, 0.1) is 0 Å². The first-order valence-corrected chi connectivity index (χ1v) is 37.7. The second kappa shape index (κ2) is 24.5. The van der Waals surface area contributed by atoms with E-state index in [2.05, 4.69) is 394 Å². The predicted octanol–water partition coefficient (Wildman–Crippen LogP) is 26.8. The molecule has 19 aromatic rings. The predicted molar refractivity (Wildman–Crippen MR) is 459 cm³/mol. The number of hydrogen-bond donors (Lipinski definition) is 0. The Morgan fingerprint density at radius 1 is 0.266 bits per heavy atom. The molecule has 16 aromatic carbocycles. The number of benzene rings is 16. The molecule has 0 saturated heterocycles. The van der Waals surface area contributed by atoms with Gasteiger partial charge in [-0.05, 0) is 212 Å². The minimum absolute atomic E-state index is 0.121. The normalized spacial score (nSPS) is 12.8. The molecule has 0 spiro atoms. The lowest BCUT2D eigenvalue weighted by molar-refractivity contribution is 0.590. The minimum atomic E-state index is -0.420. The van der Waals surface area contributed by atoms with Crippen molar-refractivity contribution in [3.05, 3.63) is 351 Å². The van der Waals surface area contributed by atoms with E-state index < -0.39 is 6.71 Å². The summed E-state index contributed by atoms with van der Waals surface area (Å²) in [6.45, 7) is 13.4. The van der Waals surface area contributed by atoms with Crippen molar-refractivity contribution in [3.63, 3.8) is 0 Å². The minimum Gasteiger partial charge on any atom is -0.456 e. The number of fused-ring (bicyclic) bond motifs is 16. The Balaban J connectivity index is 0.908. The summed E-state index contributed by atoms with van der Waals surface area (Å²) in [5.74, 6) is 0. The third kappa shape index (κ3) is 10.4. The molecule has 0 fully saturated rings. The molecule has 0 atom stereocenters. The molecule has 0 radical (unpaired) electrons. The summed E-state index contributed by atoms with van der Waals surface area (Å²) in [5, 5.41) is 10.9. The fourth-order valence-corrected chi connectivity index (χ4v) is 17.3. The van der Waals surface area contributed by atoms with Gasteiger partial charge in [-0.3, -0.25) is 0 Å². The molecular formula is C100H74BN5O3. The number of anilines is 15. The van der Waals surface area contributed by atoms with E-state index in [1.165, 1.54) is 21.9 Å². The van der Waals surface area contributed by atoms with Gasteiger partial charge >= 0.3 is 0 Å². The van der Waals surface area contributed by atoms with E-state index in [0.29, 0.717) is 0 Å². The third-order valence-corrected chi connectivity index (χ3v) is 22.6. The van der Waals surface area contributed by atoms with Gasteiger partial charge in [-0.1, -0.05) is 224 Å². The molecule has 5 heterocycles. The molecular weight excluding hydrogens is 1330 g/mol. The first-order chi connectivity index (χ1) is 53.3. The van der Waals surface area contributed by atoms with Gasteiger partial charge in [0.25, 0.3) is 6.71 Å². The van der Waals surface area contributed by atoms with Crippen molar-refractivity contribution in [3.8, 4) is 0 Å². The van der Waals surface area contributed by atoms with Gasteiger partial charge < -0.3 is 37.8 Å². The van der Waals surface area contributed by atoms with Gasteiger partial charge in [0, 0.05) is 107 Å². The highest BCUT2D eigenvalue weighted by molar-refractivity contribution is 7.01. The number of nitrogens with zero attached hydrogens (tertiary/aromatic N) is 5. The lowest BCUT2D eigenvalue weighted by Crippen LogP contribution is -2.61. The van der Waals surface area contributed by atoms with E-state index in [-0.39, 0.29) is 10.8 Å². The van der Waals surface area contributed by atoms with Crippen LogP contribution in [0.2, 0.25) is 0 Å². The first kappa shape index (κ1) is 63.9. The summed E-state index contributed by atoms with van der Waals surface area (Å²) in [6, 6.07) is 125. The zero-order valence-electron chi connectivity index (χ0n) is 61.4. The Morgan fingerprint density at radius 2 is 0.679 bits per heavy atom.